The third kappa shape index (κ3) is 2.38. The second kappa shape index (κ2) is 4.33. The second-order valence-corrected chi connectivity index (χ2v) is 7.03. The van der Waals surface area contributed by atoms with E-state index in [-0.39, 0.29) is 6.42 Å². The van der Waals surface area contributed by atoms with Crippen LogP contribution in [-0.4, -0.2) is 37.0 Å². The third-order valence-electron chi connectivity index (χ3n) is 3.65. The molecular formula is C10H19NO4S. The number of rotatable bonds is 4. The summed E-state index contributed by atoms with van der Waals surface area (Å²) in [5, 5.41) is 8.31. The van der Waals surface area contributed by atoms with E-state index in [1.165, 1.54) is 6.26 Å². The Morgan fingerprint density at radius 1 is 1.62 bits per heavy atom. The first-order valence-corrected chi connectivity index (χ1v) is 7.32. The van der Waals surface area contributed by atoms with E-state index in [1.54, 1.807) is 6.92 Å². The van der Waals surface area contributed by atoms with E-state index in [0.29, 0.717) is 12.8 Å². The molecular weight excluding hydrogens is 230 g/mol. The predicted molar refractivity (Wildman–Crippen MR) is 60.8 cm³/mol. The normalized spacial score (nSPS) is 32.6. The van der Waals surface area contributed by atoms with E-state index < -0.39 is 32.5 Å². The van der Waals surface area contributed by atoms with E-state index in [0.717, 1.165) is 6.42 Å². The van der Waals surface area contributed by atoms with Crippen molar-refractivity contribution in [1.82, 2.24) is 0 Å². The highest BCUT2D eigenvalue weighted by atomic mass is 32.2. The molecule has 0 bridgehead atoms. The van der Waals surface area contributed by atoms with Gasteiger partial charge in [0, 0.05) is 17.7 Å². The molecule has 3 N–H and O–H groups in total. The first-order chi connectivity index (χ1) is 7.20. The number of carboxylic acid groups (broad SMARTS) is 1. The fourth-order valence-corrected chi connectivity index (χ4v) is 4.73. The zero-order chi connectivity index (χ0) is 12.6. The molecule has 3 unspecified atom stereocenters. The molecule has 1 aliphatic carbocycles. The second-order valence-electron chi connectivity index (χ2n) is 4.80. The molecule has 0 aromatic rings. The molecule has 0 heterocycles. The van der Waals surface area contributed by atoms with Crippen LogP contribution in [0, 0.1) is 5.41 Å². The first kappa shape index (κ1) is 13.4. The molecule has 1 fully saturated rings. The molecule has 94 valence electrons. The van der Waals surface area contributed by atoms with E-state index in [4.69, 9.17) is 10.8 Å². The average molecular weight is 249 g/mol. The smallest absolute Gasteiger partial charge is 0.304 e. The molecule has 6 heteroatoms. The molecule has 0 saturated heterocycles. The zero-order valence-corrected chi connectivity index (χ0v) is 10.5. The number of nitrogens with two attached hydrogens (primary N) is 1. The standard InChI is InChI=1S/C10H19NO4S/c1-7(11)10(6-9(12)13)5-3-4-8(10)16(2,14)15/h7-8H,3-6,11H2,1-2H3,(H,12,13). The van der Waals surface area contributed by atoms with Crippen molar-refractivity contribution >= 4 is 15.8 Å². The molecule has 0 aliphatic heterocycles. The van der Waals surface area contributed by atoms with Gasteiger partial charge in [-0.1, -0.05) is 6.42 Å². The maximum atomic E-state index is 11.7. The Balaban J connectivity index is 3.13. The van der Waals surface area contributed by atoms with Crippen LogP contribution in [0.2, 0.25) is 0 Å². The minimum Gasteiger partial charge on any atom is -0.481 e. The number of hydrogen-bond acceptors (Lipinski definition) is 4. The van der Waals surface area contributed by atoms with Gasteiger partial charge in [0.05, 0.1) is 11.7 Å². The molecule has 5 nitrogen and oxygen atoms in total. The lowest BCUT2D eigenvalue weighted by Gasteiger charge is -2.36. The summed E-state index contributed by atoms with van der Waals surface area (Å²) in [5.41, 5.74) is 5.05. The van der Waals surface area contributed by atoms with Gasteiger partial charge in [0.2, 0.25) is 0 Å². The summed E-state index contributed by atoms with van der Waals surface area (Å²) >= 11 is 0. The van der Waals surface area contributed by atoms with Crippen LogP contribution in [0.1, 0.15) is 32.6 Å². The summed E-state index contributed by atoms with van der Waals surface area (Å²) in [6, 6.07) is -0.425. The largest absolute Gasteiger partial charge is 0.481 e. The molecule has 16 heavy (non-hydrogen) atoms. The van der Waals surface area contributed by atoms with Crippen molar-refractivity contribution in [3.63, 3.8) is 0 Å². The summed E-state index contributed by atoms with van der Waals surface area (Å²) in [4.78, 5) is 10.9. The van der Waals surface area contributed by atoms with Crippen molar-refractivity contribution in [3.8, 4) is 0 Å². The van der Waals surface area contributed by atoms with Crippen LogP contribution in [0.3, 0.4) is 0 Å². The highest BCUT2D eigenvalue weighted by Crippen LogP contribution is 2.46. The monoisotopic (exact) mass is 249 g/mol. The number of hydrogen-bond donors (Lipinski definition) is 2. The fourth-order valence-electron chi connectivity index (χ4n) is 2.87. The van der Waals surface area contributed by atoms with Crippen molar-refractivity contribution in [2.75, 3.05) is 6.26 Å². The molecule has 1 saturated carbocycles. The Morgan fingerprint density at radius 3 is 2.56 bits per heavy atom. The van der Waals surface area contributed by atoms with Crippen molar-refractivity contribution in [2.24, 2.45) is 11.1 Å². The van der Waals surface area contributed by atoms with Gasteiger partial charge in [0.1, 0.15) is 0 Å². The van der Waals surface area contributed by atoms with Crippen molar-refractivity contribution in [1.29, 1.82) is 0 Å². The van der Waals surface area contributed by atoms with Crippen molar-refractivity contribution in [3.05, 3.63) is 0 Å². The lowest BCUT2D eigenvalue weighted by molar-refractivity contribution is -0.140. The highest BCUT2D eigenvalue weighted by Gasteiger charge is 2.51. The summed E-state index contributed by atoms with van der Waals surface area (Å²) in [7, 11) is -3.24. The maximum Gasteiger partial charge on any atom is 0.304 e. The van der Waals surface area contributed by atoms with Gasteiger partial charge in [-0.05, 0) is 19.8 Å². The Labute approximate surface area is 95.9 Å². The molecule has 1 rings (SSSR count). The van der Waals surface area contributed by atoms with Gasteiger partial charge in [0.15, 0.2) is 9.84 Å². The fraction of sp³-hybridized carbons (Fsp3) is 0.900. The molecule has 0 aromatic carbocycles. The van der Waals surface area contributed by atoms with Gasteiger partial charge in [-0.25, -0.2) is 8.42 Å². The van der Waals surface area contributed by atoms with Crippen LogP contribution in [-0.2, 0) is 14.6 Å². The van der Waals surface area contributed by atoms with Crippen LogP contribution < -0.4 is 5.73 Å². The van der Waals surface area contributed by atoms with E-state index in [2.05, 4.69) is 0 Å². The van der Waals surface area contributed by atoms with Gasteiger partial charge in [-0.15, -0.1) is 0 Å². The Hall–Kier alpha value is -0.620. The SMILES string of the molecule is CC(N)C1(CC(=O)O)CCCC1S(C)(=O)=O. The van der Waals surface area contributed by atoms with Crippen LogP contribution in [0.4, 0.5) is 0 Å². The lowest BCUT2D eigenvalue weighted by atomic mass is 9.76. The molecule has 0 spiro atoms. The average Bonchev–Trinajstić information content (AvgIpc) is 2.46. The van der Waals surface area contributed by atoms with E-state index >= 15 is 0 Å². The van der Waals surface area contributed by atoms with Crippen LogP contribution >= 0.6 is 0 Å². The van der Waals surface area contributed by atoms with Gasteiger partial charge in [-0.3, -0.25) is 4.79 Å². The third-order valence-corrected chi connectivity index (χ3v) is 5.39. The Morgan fingerprint density at radius 2 is 2.19 bits per heavy atom. The number of aliphatic carboxylic acids is 1. The number of carboxylic acids is 1. The van der Waals surface area contributed by atoms with Gasteiger partial charge in [-0.2, -0.15) is 0 Å². The minimum absolute atomic E-state index is 0.164. The highest BCUT2D eigenvalue weighted by molar-refractivity contribution is 7.91. The molecule has 0 radical (unpaired) electrons. The molecule has 0 aromatic heterocycles. The van der Waals surface area contributed by atoms with E-state index in [9.17, 15) is 13.2 Å². The van der Waals surface area contributed by atoms with Crippen LogP contribution in [0.5, 0.6) is 0 Å². The zero-order valence-electron chi connectivity index (χ0n) is 9.64. The first-order valence-electron chi connectivity index (χ1n) is 5.36. The van der Waals surface area contributed by atoms with Gasteiger partial charge >= 0.3 is 5.97 Å². The van der Waals surface area contributed by atoms with Crippen LogP contribution in [0.25, 0.3) is 0 Å². The molecule has 0 amide bonds. The van der Waals surface area contributed by atoms with E-state index in [1.807, 2.05) is 0 Å². The summed E-state index contributed by atoms with van der Waals surface area (Å²) < 4.78 is 23.4. The lowest BCUT2D eigenvalue weighted by Crippen LogP contribution is -2.49. The number of carbonyl (C=O) groups is 1. The summed E-state index contributed by atoms with van der Waals surface area (Å²) in [6.45, 7) is 1.70. The predicted octanol–water partition coefficient (Wildman–Crippen LogP) is 0.392. The minimum atomic E-state index is -3.24. The van der Waals surface area contributed by atoms with Crippen molar-refractivity contribution in [2.45, 2.75) is 43.9 Å². The Bertz CT molecular complexity index is 376. The molecule has 1 aliphatic rings. The summed E-state index contributed by atoms with van der Waals surface area (Å²) in [6.07, 6.45) is 2.83. The van der Waals surface area contributed by atoms with Gasteiger partial charge in [0.25, 0.3) is 0 Å². The van der Waals surface area contributed by atoms with Crippen molar-refractivity contribution < 1.29 is 18.3 Å². The Kier molecular flexibility index (Phi) is 3.64. The maximum absolute atomic E-state index is 11.7. The number of sulfone groups is 1. The van der Waals surface area contributed by atoms with Gasteiger partial charge < -0.3 is 10.8 Å². The van der Waals surface area contributed by atoms with Crippen LogP contribution in [0.15, 0.2) is 0 Å². The molecule has 3 atom stereocenters. The quantitative estimate of drug-likeness (QED) is 0.751. The topological polar surface area (TPSA) is 97.5 Å². The summed E-state index contributed by atoms with van der Waals surface area (Å²) in [5.74, 6) is -0.979.